The van der Waals surface area contributed by atoms with Crippen LogP contribution in [0.5, 0.6) is 5.75 Å². The quantitative estimate of drug-likeness (QED) is 0.0859. The van der Waals surface area contributed by atoms with Crippen LogP contribution in [0.15, 0.2) is 18.2 Å². The number of hydrogen-bond acceptors (Lipinski definition) is 13. The van der Waals surface area contributed by atoms with Gasteiger partial charge in [-0.3, -0.25) is 4.90 Å². The predicted molar refractivity (Wildman–Crippen MR) is 139 cm³/mol. The van der Waals surface area contributed by atoms with E-state index in [0.29, 0.717) is 17.3 Å². The highest BCUT2D eigenvalue weighted by atomic mass is 32.1. The fraction of sp³-hybridized carbons (Fsp3) is 0.739. The summed E-state index contributed by atoms with van der Waals surface area (Å²) in [6, 6.07) is 5.44. The molecule has 0 amide bonds. The molecule has 0 heterocycles. The molecule has 0 radical (unpaired) electrons. The minimum Gasteiger partial charge on any atom is -0.492 e. The van der Waals surface area contributed by atoms with Gasteiger partial charge < -0.3 is 50.7 Å². The van der Waals surface area contributed by atoms with E-state index in [-0.39, 0.29) is 32.7 Å². The summed E-state index contributed by atoms with van der Waals surface area (Å²) in [5.41, 5.74) is 1.95. The molecule has 0 saturated heterocycles. The predicted octanol–water partition coefficient (Wildman–Crippen LogP) is -2.48. The lowest BCUT2D eigenvalue weighted by atomic mass is 10.00. The Kier molecular flexibility index (Phi) is 15.8. The molecule has 11 nitrogen and oxygen atoms in total. The molecule has 0 saturated carbocycles. The molecule has 0 aliphatic rings. The number of aliphatic hydroxyl groups excluding tert-OH is 9. The Morgan fingerprint density at radius 1 is 0.750 bits per heavy atom. The van der Waals surface area contributed by atoms with Crippen molar-refractivity contribution in [3.8, 4) is 5.75 Å². The summed E-state index contributed by atoms with van der Waals surface area (Å²) in [4.78, 5) is 1.42. The lowest BCUT2D eigenvalue weighted by molar-refractivity contribution is -0.127. The molecule has 0 bridgehead atoms. The monoisotopic (exact) mass is 555 g/mol. The van der Waals surface area contributed by atoms with E-state index < -0.39 is 55.4 Å². The van der Waals surface area contributed by atoms with E-state index in [4.69, 9.17) is 9.84 Å². The Morgan fingerprint density at radius 3 is 1.72 bits per heavy atom. The van der Waals surface area contributed by atoms with Crippen LogP contribution in [0.2, 0.25) is 0 Å². The fourth-order valence-electron chi connectivity index (χ4n) is 3.55. The molecule has 1 aromatic rings. The van der Waals surface area contributed by atoms with E-state index >= 15 is 0 Å². The summed E-state index contributed by atoms with van der Waals surface area (Å²) in [6.45, 7) is 0.314. The van der Waals surface area contributed by atoms with E-state index in [9.17, 15) is 40.9 Å². The molecule has 210 valence electrons. The van der Waals surface area contributed by atoms with Gasteiger partial charge >= 0.3 is 0 Å². The summed E-state index contributed by atoms with van der Waals surface area (Å²) in [7, 11) is 0. The normalized spacial score (nSPS) is 18.8. The third kappa shape index (κ3) is 10.2. The van der Waals surface area contributed by atoms with E-state index in [1.54, 1.807) is 13.0 Å². The topological polar surface area (TPSA) is 195 Å². The molecule has 0 aliphatic carbocycles. The van der Waals surface area contributed by atoms with Crippen molar-refractivity contribution >= 4 is 25.3 Å². The Hall–Kier alpha value is -0.680. The highest BCUT2D eigenvalue weighted by Crippen LogP contribution is 2.21. The second-order valence-corrected chi connectivity index (χ2v) is 9.31. The fourth-order valence-corrected chi connectivity index (χ4v) is 4.15. The Balaban J connectivity index is 2.91. The van der Waals surface area contributed by atoms with Crippen LogP contribution in [0.25, 0.3) is 0 Å². The lowest BCUT2D eigenvalue weighted by Crippen LogP contribution is -2.53. The Morgan fingerprint density at radius 2 is 1.25 bits per heavy atom. The van der Waals surface area contributed by atoms with Crippen molar-refractivity contribution in [2.24, 2.45) is 0 Å². The first-order chi connectivity index (χ1) is 17.0. The number of thiol groups is 2. The molecule has 0 unspecified atom stereocenters. The molecular weight excluding hydrogens is 514 g/mol. The first-order valence-corrected chi connectivity index (χ1v) is 13.0. The highest BCUT2D eigenvalue weighted by Gasteiger charge is 2.34. The summed E-state index contributed by atoms with van der Waals surface area (Å²) in [5, 5.41) is 89.4. The maximum Gasteiger partial charge on any atom is 0.119 e. The van der Waals surface area contributed by atoms with Crippen LogP contribution in [0, 0.1) is 0 Å². The average Bonchev–Trinajstić information content (AvgIpc) is 2.89. The van der Waals surface area contributed by atoms with Crippen LogP contribution in [0.1, 0.15) is 24.5 Å². The molecule has 13 heteroatoms. The van der Waals surface area contributed by atoms with Crippen LogP contribution < -0.4 is 4.74 Å². The second kappa shape index (κ2) is 17.0. The number of rotatable bonds is 18. The number of benzene rings is 1. The van der Waals surface area contributed by atoms with Gasteiger partial charge in [0.05, 0.1) is 24.9 Å². The van der Waals surface area contributed by atoms with Gasteiger partial charge in [-0.05, 0) is 29.7 Å². The number of nitrogens with zero attached hydrogens (tertiary/aromatic N) is 1. The molecule has 0 aromatic heterocycles. The summed E-state index contributed by atoms with van der Waals surface area (Å²) in [5.74, 6) is 1.58. The third-order valence-corrected chi connectivity index (χ3v) is 6.65. The van der Waals surface area contributed by atoms with Crippen molar-refractivity contribution in [3.63, 3.8) is 0 Å². The third-order valence-electron chi connectivity index (χ3n) is 5.97. The van der Waals surface area contributed by atoms with Crippen LogP contribution in [-0.4, -0.2) is 133 Å². The molecule has 0 spiro atoms. The number of ether oxygens (including phenoxy) is 1. The van der Waals surface area contributed by atoms with Crippen molar-refractivity contribution in [2.75, 3.05) is 32.8 Å². The smallest absolute Gasteiger partial charge is 0.119 e. The molecule has 1 aromatic carbocycles. The van der Waals surface area contributed by atoms with E-state index in [1.807, 2.05) is 12.1 Å². The number of aliphatic hydroxyl groups is 9. The molecular formula is C23H41NO10S2. The van der Waals surface area contributed by atoms with Gasteiger partial charge in [-0.25, -0.2) is 0 Å². The van der Waals surface area contributed by atoms with Gasteiger partial charge in [-0.15, -0.1) is 0 Å². The standard InChI is InChI=1S/C23H41NO10S2/c1-2-16(26)20(30)21(31)17(27)8-24(9-18(28)22(32)23(33)19(29)10-25)5-6-34-15-4-3-13(11-35)14(7-15)12-36/h3-4,7,16-23,25-33,35-36H,2,5-6,8-12H2,1H3/t16-,17+,18+,19-,20-,21-,22-,23-/m1/s1. The minimum absolute atomic E-state index is 0.0693. The molecule has 9 N–H and O–H groups in total. The second-order valence-electron chi connectivity index (χ2n) is 8.68. The van der Waals surface area contributed by atoms with Crippen LogP contribution >= 0.6 is 25.3 Å². The SMILES string of the molecule is CC[C@@H](O)[C@@H](O)[C@H](O)[C@@H](O)CN(CCOc1ccc(CS)c(CS)c1)C[C@H](O)[C@@H](O)[C@H](O)[C@H](O)CO. The summed E-state index contributed by atoms with van der Waals surface area (Å²) < 4.78 is 5.77. The maximum absolute atomic E-state index is 10.4. The zero-order valence-corrected chi connectivity index (χ0v) is 22.1. The zero-order chi connectivity index (χ0) is 27.4. The largest absolute Gasteiger partial charge is 0.492 e. The number of hydrogen-bond donors (Lipinski definition) is 11. The Labute approximate surface area is 222 Å². The van der Waals surface area contributed by atoms with Crippen molar-refractivity contribution < 1.29 is 50.7 Å². The van der Waals surface area contributed by atoms with Gasteiger partial charge in [0.2, 0.25) is 0 Å². The van der Waals surface area contributed by atoms with Crippen molar-refractivity contribution in [1.82, 2.24) is 4.90 Å². The van der Waals surface area contributed by atoms with Gasteiger partial charge in [-0.2, -0.15) is 25.3 Å². The summed E-state index contributed by atoms with van der Waals surface area (Å²) in [6.07, 6.45) is -12.9. The van der Waals surface area contributed by atoms with Gasteiger partial charge in [-0.1, -0.05) is 13.0 Å². The lowest BCUT2D eigenvalue weighted by Gasteiger charge is -2.33. The van der Waals surface area contributed by atoms with Crippen LogP contribution in [-0.2, 0) is 11.5 Å². The first kappa shape index (κ1) is 33.3. The molecule has 0 aliphatic heterocycles. The zero-order valence-electron chi connectivity index (χ0n) is 20.3. The van der Waals surface area contributed by atoms with E-state index in [2.05, 4.69) is 25.3 Å². The minimum atomic E-state index is -1.83. The molecule has 0 fully saturated rings. The van der Waals surface area contributed by atoms with Crippen LogP contribution in [0.3, 0.4) is 0 Å². The average molecular weight is 556 g/mol. The van der Waals surface area contributed by atoms with Crippen molar-refractivity contribution in [3.05, 3.63) is 29.3 Å². The van der Waals surface area contributed by atoms with Crippen molar-refractivity contribution in [1.29, 1.82) is 0 Å². The van der Waals surface area contributed by atoms with E-state index in [1.165, 1.54) is 4.90 Å². The summed E-state index contributed by atoms with van der Waals surface area (Å²) >= 11 is 8.58. The van der Waals surface area contributed by atoms with Gasteiger partial charge in [0, 0.05) is 31.1 Å². The highest BCUT2D eigenvalue weighted by molar-refractivity contribution is 7.79. The molecule has 8 atom stereocenters. The maximum atomic E-state index is 10.4. The molecule has 1 rings (SSSR count). The van der Waals surface area contributed by atoms with Gasteiger partial charge in [0.15, 0.2) is 0 Å². The molecule has 36 heavy (non-hydrogen) atoms. The van der Waals surface area contributed by atoms with Crippen LogP contribution in [0.4, 0.5) is 0 Å². The van der Waals surface area contributed by atoms with Gasteiger partial charge in [0.1, 0.15) is 42.9 Å². The van der Waals surface area contributed by atoms with Crippen molar-refractivity contribution in [2.45, 2.75) is 73.7 Å². The Bertz CT molecular complexity index is 719. The van der Waals surface area contributed by atoms with Gasteiger partial charge in [0.25, 0.3) is 0 Å². The van der Waals surface area contributed by atoms with E-state index in [0.717, 1.165) is 11.1 Å². The first-order valence-electron chi connectivity index (χ1n) is 11.7.